The van der Waals surface area contributed by atoms with Crippen LogP contribution in [0.5, 0.6) is 0 Å². The SMILES string of the molecule is Clc1ccc2nc(-c3ccc(Br)cc3)oc2n1. The molecule has 1 aromatic carbocycles. The molecule has 0 N–H and O–H groups in total. The van der Waals surface area contributed by atoms with Gasteiger partial charge < -0.3 is 4.42 Å². The van der Waals surface area contributed by atoms with Crippen molar-refractivity contribution in [3.05, 3.63) is 46.0 Å². The van der Waals surface area contributed by atoms with Gasteiger partial charge in [-0.05, 0) is 36.4 Å². The van der Waals surface area contributed by atoms with Gasteiger partial charge in [0.1, 0.15) is 10.7 Å². The van der Waals surface area contributed by atoms with Crippen LogP contribution in [0.25, 0.3) is 22.7 Å². The van der Waals surface area contributed by atoms with E-state index in [1.807, 2.05) is 24.3 Å². The van der Waals surface area contributed by atoms with Crippen LogP contribution < -0.4 is 0 Å². The molecule has 0 aliphatic heterocycles. The summed E-state index contributed by atoms with van der Waals surface area (Å²) in [5, 5.41) is 0.399. The van der Waals surface area contributed by atoms with Crippen molar-refractivity contribution in [2.45, 2.75) is 0 Å². The molecule has 84 valence electrons. The summed E-state index contributed by atoms with van der Waals surface area (Å²) in [6.07, 6.45) is 0. The van der Waals surface area contributed by atoms with Gasteiger partial charge in [0.25, 0.3) is 0 Å². The minimum absolute atomic E-state index is 0.399. The van der Waals surface area contributed by atoms with Crippen LogP contribution in [-0.2, 0) is 0 Å². The third-order valence-corrected chi connectivity index (χ3v) is 3.05. The average molecular weight is 310 g/mol. The molecule has 0 aliphatic rings. The standard InChI is InChI=1S/C12H6BrClN2O/c13-8-3-1-7(2-4-8)11-15-9-5-6-10(14)16-12(9)17-11/h1-6H. The number of fused-ring (bicyclic) bond motifs is 1. The van der Waals surface area contributed by atoms with Crippen LogP contribution in [0.4, 0.5) is 0 Å². The van der Waals surface area contributed by atoms with Crippen LogP contribution >= 0.6 is 27.5 Å². The van der Waals surface area contributed by atoms with E-state index in [4.69, 9.17) is 16.0 Å². The number of halogens is 2. The van der Waals surface area contributed by atoms with Crippen LogP contribution in [0.3, 0.4) is 0 Å². The lowest BCUT2D eigenvalue weighted by Gasteiger charge is -1.94. The Balaban J connectivity index is 2.14. The maximum Gasteiger partial charge on any atom is 0.248 e. The molecule has 0 aliphatic carbocycles. The number of hydrogen-bond acceptors (Lipinski definition) is 3. The van der Waals surface area contributed by atoms with Crippen LogP contribution in [0.1, 0.15) is 0 Å². The maximum atomic E-state index is 5.79. The Bertz CT molecular complexity index is 679. The van der Waals surface area contributed by atoms with E-state index in [2.05, 4.69) is 25.9 Å². The third-order valence-electron chi connectivity index (χ3n) is 2.31. The van der Waals surface area contributed by atoms with E-state index in [-0.39, 0.29) is 0 Å². The van der Waals surface area contributed by atoms with Gasteiger partial charge in [0, 0.05) is 10.0 Å². The Kier molecular flexibility index (Phi) is 2.61. The van der Waals surface area contributed by atoms with E-state index in [1.54, 1.807) is 12.1 Å². The lowest BCUT2D eigenvalue weighted by Crippen LogP contribution is -1.76. The summed E-state index contributed by atoms with van der Waals surface area (Å²) in [4.78, 5) is 8.42. The fourth-order valence-corrected chi connectivity index (χ4v) is 1.91. The molecule has 3 rings (SSSR count). The quantitative estimate of drug-likeness (QED) is 0.629. The predicted molar refractivity (Wildman–Crippen MR) is 70.0 cm³/mol. The van der Waals surface area contributed by atoms with E-state index in [1.165, 1.54) is 0 Å². The van der Waals surface area contributed by atoms with Gasteiger partial charge in [-0.15, -0.1) is 0 Å². The summed E-state index contributed by atoms with van der Waals surface area (Å²) in [5.41, 5.74) is 2.06. The predicted octanol–water partition coefficient (Wildman–Crippen LogP) is 4.31. The largest absolute Gasteiger partial charge is 0.418 e. The zero-order valence-electron chi connectivity index (χ0n) is 8.52. The monoisotopic (exact) mass is 308 g/mol. The van der Waals surface area contributed by atoms with E-state index >= 15 is 0 Å². The first-order chi connectivity index (χ1) is 8.22. The van der Waals surface area contributed by atoms with Crippen molar-refractivity contribution in [2.75, 3.05) is 0 Å². The summed E-state index contributed by atoms with van der Waals surface area (Å²) < 4.78 is 6.57. The minimum atomic E-state index is 0.399. The van der Waals surface area contributed by atoms with Gasteiger partial charge in [-0.25, -0.2) is 4.98 Å². The molecule has 0 atom stereocenters. The van der Waals surface area contributed by atoms with Crippen LogP contribution in [0.15, 0.2) is 45.3 Å². The lowest BCUT2D eigenvalue weighted by atomic mass is 10.2. The van der Waals surface area contributed by atoms with Crippen molar-refractivity contribution in [1.29, 1.82) is 0 Å². The van der Waals surface area contributed by atoms with Gasteiger partial charge in [-0.1, -0.05) is 27.5 Å². The first-order valence-electron chi connectivity index (χ1n) is 4.91. The van der Waals surface area contributed by atoms with E-state index in [9.17, 15) is 0 Å². The molecule has 2 heterocycles. The Morgan fingerprint density at radius 3 is 2.53 bits per heavy atom. The molecule has 17 heavy (non-hydrogen) atoms. The molecule has 5 heteroatoms. The smallest absolute Gasteiger partial charge is 0.248 e. The zero-order chi connectivity index (χ0) is 11.8. The topological polar surface area (TPSA) is 38.9 Å². The molecule has 0 amide bonds. The molecular weight excluding hydrogens is 304 g/mol. The number of aromatic nitrogens is 2. The second-order valence-corrected chi connectivity index (χ2v) is 4.79. The summed E-state index contributed by atoms with van der Waals surface area (Å²) >= 11 is 9.17. The van der Waals surface area contributed by atoms with Gasteiger partial charge in [-0.2, -0.15) is 4.98 Å². The molecule has 0 radical (unpaired) electrons. The van der Waals surface area contributed by atoms with Crippen molar-refractivity contribution < 1.29 is 4.42 Å². The average Bonchev–Trinajstić information content (AvgIpc) is 2.72. The number of hydrogen-bond donors (Lipinski definition) is 0. The van der Waals surface area contributed by atoms with E-state index in [0.29, 0.717) is 22.3 Å². The molecule has 0 bridgehead atoms. The first kappa shape index (κ1) is 10.7. The normalized spacial score (nSPS) is 10.9. The molecule has 0 saturated carbocycles. The van der Waals surface area contributed by atoms with Crippen LogP contribution in [0, 0.1) is 0 Å². The van der Waals surface area contributed by atoms with Crippen molar-refractivity contribution in [3.63, 3.8) is 0 Å². The van der Waals surface area contributed by atoms with Crippen molar-refractivity contribution in [1.82, 2.24) is 9.97 Å². The van der Waals surface area contributed by atoms with Crippen molar-refractivity contribution >= 4 is 38.8 Å². The molecule has 3 aromatic rings. The second kappa shape index (κ2) is 4.13. The highest BCUT2D eigenvalue weighted by Crippen LogP contribution is 2.25. The molecule has 0 fully saturated rings. The Morgan fingerprint density at radius 1 is 1.00 bits per heavy atom. The Hall–Kier alpha value is -1.39. The number of rotatable bonds is 1. The van der Waals surface area contributed by atoms with Crippen molar-refractivity contribution in [3.8, 4) is 11.5 Å². The van der Waals surface area contributed by atoms with Gasteiger partial charge in [-0.3, -0.25) is 0 Å². The van der Waals surface area contributed by atoms with Gasteiger partial charge in [0.05, 0.1) is 0 Å². The van der Waals surface area contributed by atoms with E-state index in [0.717, 1.165) is 10.0 Å². The first-order valence-corrected chi connectivity index (χ1v) is 6.08. The lowest BCUT2D eigenvalue weighted by molar-refractivity contribution is 0.608. The molecule has 2 aromatic heterocycles. The molecule has 0 saturated heterocycles. The second-order valence-electron chi connectivity index (χ2n) is 3.48. The summed E-state index contributed by atoms with van der Waals surface area (Å²) in [7, 11) is 0. The maximum absolute atomic E-state index is 5.79. The Morgan fingerprint density at radius 2 is 1.76 bits per heavy atom. The summed E-state index contributed by atoms with van der Waals surface area (Å²) in [5.74, 6) is 0.544. The Labute approximate surface area is 111 Å². The molecule has 0 unspecified atom stereocenters. The number of nitrogens with zero attached hydrogens (tertiary/aromatic N) is 2. The molecular formula is C12H6BrClN2O. The molecule has 0 spiro atoms. The van der Waals surface area contributed by atoms with Crippen LogP contribution in [0.2, 0.25) is 5.15 Å². The highest BCUT2D eigenvalue weighted by molar-refractivity contribution is 9.10. The highest BCUT2D eigenvalue weighted by atomic mass is 79.9. The summed E-state index contributed by atoms with van der Waals surface area (Å²) in [6.45, 7) is 0. The fraction of sp³-hybridized carbons (Fsp3) is 0. The highest BCUT2D eigenvalue weighted by Gasteiger charge is 2.09. The van der Waals surface area contributed by atoms with E-state index < -0.39 is 0 Å². The molecule has 3 nitrogen and oxygen atoms in total. The van der Waals surface area contributed by atoms with Gasteiger partial charge >= 0.3 is 0 Å². The fourth-order valence-electron chi connectivity index (χ4n) is 1.51. The van der Waals surface area contributed by atoms with Gasteiger partial charge in [0.2, 0.25) is 11.6 Å². The third kappa shape index (κ3) is 2.06. The van der Waals surface area contributed by atoms with Crippen molar-refractivity contribution in [2.24, 2.45) is 0 Å². The van der Waals surface area contributed by atoms with Crippen LogP contribution in [-0.4, -0.2) is 9.97 Å². The summed E-state index contributed by atoms with van der Waals surface area (Å²) in [6, 6.07) is 11.2. The number of oxazole rings is 1. The zero-order valence-corrected chi connectivity index (χ0v) is 10.9. The number of pyridine rings is 1. The van der Waals surface area contributed by atoms with Gasteiger partial charge in [0.15, 0.2) is 0 Å². The minimum Gasteiger partial charge on any atom is -0.418 e. The number of benzene rings is 1.